The van der Waals surface area contributed by atoms with E-state index in [1.807, 2.05) is 11.8 Å². The van der Waals surface area contributed by atoms with Crippen molar-refractivity contribution < 1.29 is 24.2 Å². The van der Waals surface area contributed by atoms with Crippen LogP contribution in [-0.2, 0) is 37.8 Å². The molecule has 5 aliphatic rings. The highest BCUT2D eigenvalue weighted by Crippen LogP contribution is 2.69. The van der Waals surface area contributed by atoms with E-state index in [0.29, 0.717) is 18.7 Å². The van der Waals surface area contributed by atoms with Crippen molar-refractivity contribution in [1.29, 1.82) is 0 Å². The molecule has 0 unspecified atom stereocenters. The van der Waals surface area contributed by atoms with Crippen molar-refractivity contribution in [2.75, 3.05) is 12.9 Å². The van der Waals surface area contributed by atoms with Gasteiger partial charge in [0.25, 0.3) is 0 Å². The summed E-state index contributed by atoms with van der Waals surface area (Å²) in [5.41, 5.74) is 4.29. The van der Waals surface area contributed by atoms with Gasteiger partial charge in [-0.3, -0.25) is 14.3 Å². The molecule has 1 aromatic heterocycles. The van der Waals surface area contributed by atoms with Gasteiger partial charge in [0.1, 0.15) is 6.10 Å². The van der Waals surface area contributed by atoms with E-state index in [9.17, 15) is 14.7 Å². The minimum absolute atomic E-state index is 0.0607. The molecule has 0 bridgehead atoms. The third-order valence-corrected chi connectivity index (χ3v) is 12.4. The van der Waals surface area contributed by atoms with Crippen LogP contribution in [0.3, 0.4) is 0 Å². The van der Waals surface area contributed by atoms with Crippen LogP contribution in [0, 0.1) is 28.6 Å². The third-order valence-electron chi connectivity index (χ3n) is 11.8. The molecule has 7 rings (SSSR count). The predicted molar refractivity (Wildman–Crippen MR) is 170 cm³/mol. The molecule has 9 heteroatoms. The fourth-order valence-electron chi connectivity index (χ4n) is 10.1. The number of hydrogen-bond donors (Lipinski definition) is 1. The number of esters is 1. The number of rotatable bonds is 7. The van der Waals surface area contributed by atoms with Crippen molar-refractivity contribution in [1.82, 2.24) is 9.78 Å². The van der Waals surface area contributed by atoms with Crippen LogP contribution in [0.1, 0.15) is 75.8 Å². The number of ether oxygens (including phenoxy) is 2. The van der Waals surface area contributed by atoms with E-state index in [2.05, 4.69) is 61.3 Å². The quantitative estimate of drug-likeness (QED) is 0.424. The topological polar surface area (TPSA) is 103 Å². The number of hydrogen-bond acceptors (Lipinski definition) is 8. The second-order valence-electron chi connectivity index (χ2n) is 14.2. The zero-order valence-electron chi connectivity index (χ0n) is 26.3. The summed E-state index contributed by atoms with van der Waals surface area (Å²) in [4.78, 5) is 30.4. The highest BCUT2D eigenvalue weighted by molar-refractivity contribution is 7.97. The molecule has 0 spiro atoms. The highest BCUT2D eigenvalue weighted by atomic mass is 32.2. The van der Waals surface area contributed by atoms with E-state index in [0.717, 1.165) is 37.3 Å². The van der Waals surface area contributed by atoms with Crippen molar-refractivity contribution in [3.63, 3.8) is 0 Å². The van der Waals surface area contributed by atoms with Gasteiger partial charge in [0, 0.05) is 31.2 Å². The van der Waals surface area contributed by atoms with E-state index in [-0.39, 0.29) is 35.6 Å². The summed E-state index contributed by atoms with van der Waals surface area (Å²) in [6.45, 7) is 7.97. The molecule has 2 heterocycles. The number of allylic oxidation sites excluding steroid dienone is 1. The molecule has 3 fully saturated rings. The van der Waals surface area contributed by atoms with Gasteiger partial charge in [-0.15, -0.1) is 0 Å². The van der Waals surface area contributed by atoms with Crippen LogP contribution < -0.4 is 0 Å². The number of nitrogens with zero attached hydrogens (tertiary/aromatic N) is 3. The summed E-state index contributed by atoms with van der Waals surface area (Å²) in [6, 6.07) is 8.80. The summed E-state index contributed by atoms with van der Waals surface area (Å²) >= 11 is 1.83. The maximum atomic E-state index is 13.9. The summed E-state index contributed by atoms with van der Waals surface area (Å²) in [7, 11) is 0. The van der Waals surface area contributed by atoms with E-state index < -0.39 is 29.1 Å². The molecule has 0 saturated heterocycles. The van der Waals surface area contributed by atoms with Crippen LogP contribution in [0.15, 0.2) is 41.0 Å². The maximum absolute atomic E-state index is 13.9. The smallest absolute Gasteiger partial charge is 0.303 e. The Hall–Kier alpha value is -2.91. The average molecular weight is 618 g/mol. The Morgan fingerprint density at radius 2 is 1.95 bits per heavy atom. The van der Waals surface area contributed by atoms with Crippen LogP contribution in [0.5, 0.6) is 0 Å². The third kappa shape index (κ3) is 4.36. The van der Waals surface area contributed by atoms with E-state index >= 15 is 0 Å². The fourth-order valence-corrected chi connectivity index (χ4v) is 10.6. The van der Waals surface area contributed by atoms with E-state index in [1.165, 1.54) is 29.2 Å². The lowest BCUT2D eigenvalue weighted by atomic mass is 9.45. The van der Waals surface area contributed by atoms with Gasteiger partial charge in [-0.05, 0) is 84.3 Å². The first-order valence-corrected chi connectivity index (χ1v) is 17.3. The van der Waals surface area contributed by atoms with Gasteiger partial charge < -0.3 is 14.6 Å². The van der Waals surface area contributed by atoms with E-state index in [1.54, 1.807) is 6.92 Å². The van der Waals surface area contributed by atoms with Crippen LogP contribution in [0.4, 0.5) is 0 Å². The number of carbonyl (C=O) groups excluding carboxylic acids is 2. The van der Waals surface area contributed by atoms with Gasteiger partial charge in [0.2, 0.25) is 5.78 Å². The number of ketones is 1. The molecular formula is C35H43N3O5S. The molecule has 0 amide bonds. The number of aliphatic imine (C=N–C) groups is 1. The lowest BCUT2D eigenvalue weighted by Crippen LogP contribution is -2.62. The number of aliphatic hydroxyl groups is 1. The monoisotopic (exact) mass is 617 g/mol. The zero-order chi connectivity index (χ0) is 31.0. The Morgan fingerprint density at radius 3 is 2.68 bits per heavy atom. The maximum Gasteiger partial charge on any atom is 0.303 e. The summed E-state index contributed by atoms with van der Waals surface area (Å²) in [6.07, 6.45) is 9.52. The second kappa shape index (κ2) is 10.6. The number of Topliss-reactive ketones (excluding diaryl/α,β-unsaturated/α-hetero) is 1. The zero-order valence-corrected chi connectivity index (χ0v) is 27.2. The number of fused-ring (bicyclic) bond motifs is 8. The lowest BCUT2D eigenvalue weighted by Gasteiger charge is -2.60. The minimum Gasteiger partial charge on any atom is -0.475 e. The molecule has 1 aliphatic heterocycles. The first kappa shape index (κ1) is 29.8. The summed E-state index contributed by atoms with van der Waals surface area (Å²) < 4.78 is 13.5. The van der Waals surface area contributed by atoms with Crippen molar-refractivity contribution in [2.45, 2.75) is 89.8 Å². The fraction of sp³-hybridized carbons (Fsp3) is 0.600. The molecule has 0 radical (unpaired) electrons. The van der Waals surface area contributed by atoms with Gasteiger partial charge in [-0.2, -0.15) is 16.9 Å². The standard InChI is InChI=1S/C35H43N3O5S/c1-20-36-35(30(41)18-42-21(2)39)31(43-20)13-27-26-11-10-25-12-28-24(14-33(25,3)32(26)29(40)15-34(27,35)4)17-38(37-28)16-22-6-8-23(9-7-22)19-44-5/h6-9,12,17,26-27,29,31-32,40H,10-11,13-16,18-19H2,1-5H3/t26-,27-,29-,31+,32+,33-,34-,35+/m0/s1. The average Bonchev–Trinajstić information content (AvgIpc) is 3.59. The Bertz CT molecular complexity index is 1560. The molecular weight excluding hydrogens is 574 g/mol. The summed E-state index contributed by atoms with van der Waals surface area (Å²) in [5, 5.41) is 17.1. The minimum atomic E-state index is -1.14. The second-order valence-corrected chi connectivity index (χ2v) is 15.1. The molecule has 8 atom stereocenters. The lowest BCUT2D eigenvalue weighted by molar-refractivity contribution is -0.156. The number of aliphatic hydroxyl groups excluding tert-OH is 1. The van der Waals surface area contributed by atoms with Crippen LogP contribution >= 0.6 is 11.8 Å². The van der Waals surface area contributed by atoms with Gasteiger partial charge >= 0.3 is 5.97 Å². The largest absolute Gasteiger partial charge is 0.475 e. The summed E-state index contributed by atoms with van der Waals surface area (Å²) in [5.74, 6) is 1.25. The molecule has 44 heavy (non-hydrogen) atoms. The normalized spacial score (nSPS) is 36.5. The van der Waals surface area contributed by atoms with Gasteiger partial charge in [-0.1, -0.05) is 43.7 Å². The highest BCUT2D eigenvalue weighted by Gasteiger charge is 2.74. The van der Waals surface area contributed by atoms with E-state index in [4.69, 9.17) is 19.6 Å². The Balaban J connectivity index is 1.16. The Kier molecular flexibility index (Phi) is 7.16. The molecule has 3 saturated carbocycles. The molecule has 8 nitrogen and oxygen atoms in total. The molecule has 234 valence electrons. The SMILES string of the molecule is CSCc1ccc(Cn2cc3c(n2)C=C2CC[C@@H]4[C@H]([C@@H](O)C[C@@]5(C)[C@H]4C[C@H]4OC(C)=N[C@]45C(=O)COC(C)=O)[C@@]2(C)C3)cc1. The van der Waals surface area contributed by atoms with Crippen molar-refractivity contribution >= 4 is 35.5 Å². The first-order chi connectivity index (χ1) is 21.0. The van der Waals surface area contributed by atoms with Crippen molar-refractivity contribution in [3.05, 3.63) is 58.4 Å². The van der Waals surface area contributed by atoms with Crippen LogP contribution in [0.25, 0.3) is 6.08 Å². The predicted octanol–water partition coefficient (Wildman–Crippen LogP) is 5.25. The number of carbonyl (C=O) groups is 2. The Morgan fingerprint density at radius 1 is 1.20 bits per heavy atom. The van der Waals surface area contributed by atoms with Crippen molar-refractivity contribution in [3.8, 4) is 0 Å². The molecule has 4 aliphatic carbocycles. The number of benzene rings is 1. The number of aromatic nitrogens is 2. The van der Waals surface area contributed by atoms with Crippen LogP contribution in [-0.4, -0.2) is 63.1 Å². The number of thioether (sulfide) groups is 1. The molecule has 2 aromatic rings. The van der Waals surface area contributed by atoms with Gasteiger partial charge in [0.15, 0.2) is 18.0 Å². The first-order valence-electron chi connectivity index (χ1n) is 15.9. The molecule has 1 aromatic carbocycles. The van der Waals surface area contributed by atoms with Crippen molar-refractivity contribution in [2.24, 2.45) is 33.6 Å². The van der Waals surface area contributed by atoms with Gasteiger partial charge in [0.05, 0.1) is 18.3 Å². The Labute approximate surface area is 263 Å². The van der Waals surface area contributed by atoms with Gasteiger partial charge in [-0.25, -0.2) is 4.99 Å². The molecule has 1 N–H and O–H groups in total. The van der Waals surface area contributed by atoms with Crippen LogP contribution in [0.2, 0.25) is 0 Å².